The lowest BCUT2D eigenvalue weighted by atomic mass is 9.96. The summed E-state index contributed by atoms with van der Waals surface area (Å²) < 4.78 is 58.4. The lowest BCUT2D eigenvalue weighted by molar-refractivity contribution is -0.160. The number of aromatic nitrogens is 1. The minimum atomic E-state index is -4.25. The molecule has 2 aromatic rings. The van der Waals surface area contributed by atoms with Crippen molar-refractivity contribution >= 4 is 11.7 Å². The first-order valence-corrected chi connectivity index (χ1v) is 11.1. The summed E-state index contributed by atoms with van der Waals surface area (Å²) >= 11 is 0. The number of piperazine rings is 1. The van der Waals surface area contributed by atoms with Gasteiger partial charge in [0.15, 0.2) is 11.7 Å². The van der Waals surface area contributed by atoms with E-state index in [4.69, 9.17) is 4.42 Å². The summed E-state index contributed by atoms with van der Waals surface area (Å²) in [5.74, 6) is -1.06. The van der Waals surface area contributed by atoms with Crippen LogP contribution in [-0.2, 0) is 0 Å². The largest absolute Gasteiger partial charge is 0.441 e. The molecule has 1 fully saturated rings. The molecule has 0 saturated carbocycles. The van der Waals surface area contributed by atoms with E-state index >= 15 is 0 Å². The highest BCUT2D eigenvalue weighted by atomic mass is 19.4. The number of carbonyl (C=O) groups is 1. The minimum absolute atomic E-state index is 0.0568. The summed E-state index contributed by atoms with van der Waals surface area (Å²) in [7, 11) is 0. The zero-order valence-electron chi connectivity index (χ0n) is 18.9. The molecule has 34 heavy (non-hydrogen) atoms. The minimum Gasteiger partial charge on any atom is -0.441 e. The molecule has 0 spiro atoms. The van der Waals surface area contributed by atoms with Crippen molar-refractivity contribution in [2.75, 3.05) is 31.1 Å². The Morgan fingerprint density at radius 3 is 2.68 bits per heavy atom. The van der Waals surface area contributed by atoms with Crippen LogP contribution in [0, 0.1) is 18.7 Å². The number of rotatable bonds is 4. The lowest BCUT2D eigenvalue weighted by Crippen LogP contribution is -2.56. The number of halogens is 4. The van der Waals surface area contributed by atoms with Crippen molar-refractivity contribution in [2.24, 2.45) is 5.92 Å². The smallest absolute Gasteiger partial charge is 0.395 e. The van der Waals surface area contributed by atoms with Crippen LogP contribution in [0.4, 0.5) is 28.0 Å². The second-order valence-electron chi connectivity index (χ2n) is 8.58. The summed E-state index contributed by atoms with van der Waals surface area (Å²) in [5.41, 5.74) is 1.70. The van der Waals surface area contributed by atoms with Gasteiger partial charge in [0.1, 0.15) is 5.82 Å². The molecule has 1 N–H and O–H groups in total. The SMILES string of the molecule is Cc1ncc(-c2ccc(N3CCN(C(=O)NCC4=CCC(C(F)(F)F)C=C4)C[C@@H]3C)cc2F)o1. The van der Waals surface area contributed by atoms with Crippen LogP contribution in [0.25, 0.3) is 11.3 Å². The Balaban J connectivity index is 1.31. The third-order valence-corrected chi connectivity index (χ3v) is 6.13. The number of nitrogens with zero attached hydrogens (tertiary/aromatic N) is 3. The van der Waals surface area contributed by atoms with E-state index in [1.807, 2.05) is 17.9 Å². The Bertz CT molecular complexity index is 1110. The Morgan fingerprint density at radius 1 is 1.29 bits per heavy atom. The summed E-state index contributed by atoms with van der Waals surface area (Å²) in [6, 6.07) is 4.60. The van der Waals surface area contributed by atoms with Crippen molar-refractivity contribution < 1.29 is 26.8 Å². The molecule has 1 aromatic heterocycles. The highest BCUT2D eigenvalue weighted by Crippen LogP contribution is 2.33. The highest BCUT2D eigenvalue weighted by molar-refractivity contribution is 5.75. The quantitative estimate of drug-likeness (QED) is 0.623. The number of benzene rings is 1. The third-order valence-electron chi connectivity index (χ3n) is 6.13. The van der Waals surface area contributed by atoms with E-state index in [2.05, 4.69) is 10.3 Å². The molecule has 1 aliphatic heterocycles. The Labute approximate surface area is 194 Å². The maximum Gasteiger partial charge on any atom is 0.395 e. The number of urea groups is 1. The fraction of sp³-hybridized carbons (Fsp3) is 0.417. The zero-order valence-corrected chi connectivity index (χ0v) is 18.9. The van der Waals surface area contributed by atoms with Gasteiger partial charge in [-0.25, -0.2) is 14.2 Å². The fourth-order valence-corrected chi connectivity index (χ4v) is 4.22. The van der Waals surface area contributed by atoms with Gasteiger partial charge in [-0.2, -0.15) is 13.2 Å². The number of amides is 2. The number of hydrogen-bond acceptors (Lipinski definition) is 4. The van der Waals surface area contributed by atoms with Crippen molar-refractivity contribution in [1.82, 2.24) is 15.2 Å². The van der Waals surface area contributed by atoms with Crippen LogP contribution in [-0.4, -0.2) is 54.3 Å². The summed E-state index contributed by atoms with van der Waals surface area (Å²) in [6.45, 7) is 5.20. The predicted octanol–water partition coefficient (Wildman–Crippen LogP) is 5.07. The van der Waals surface area contributed by atoms with Gasteiger partial charge in [-0.3, -0.25) is 0 Å². The highest BCUT2D eigenvalue weighted by Gasteiger charge is 2.37. The number of nitrogens with one attached hydrogen (secondary N) is 1. The second-order valence-corrected chi connectivity index (χ2v) is 8.58. The van der Waals surface area contributed by atoms with Crippen LogP contribution in [0.2, 0.25) is 0 Å². The summed E-state index contributed by atoms with van der Waals surface area (Å²) in [5, 5.41) is 2.78. The van der Waals surface area contributed by atoms with E-state index in [-0.39, 0.29) is 25.0 Å². The van der Waals surface area contributed by atoms with Crippen LogP contribution >= 0.6 is 0 Å². The number of oxazole rings is 1. The molecule has 2 atom stereocenters. The number of alkyl halides is 3. The van der Waals surface area contributed by atoms with Crippen molar-refractivity contribution in [3.05, 3.63) is 59.9 Å². The third kappa shape index (κ3) is 5.26. The molecule has 1 unspecified atom stereocenters. The van der Waals surface area contributed by atoms with Gasteiger partial charge in [-0.1, -0.05) is 18.2 Å². The second kappa shape index (κ2) is 9.52. The molecule has 1 aliphatic carbocycles. The van der Waals surface area contributed by atoms with Gasteiger partial charge in [0, 0.05) is 44.8 Å². The van der Waals surface area contributed by atoms with Crippen LogP contribution in [0.15, 0.2) is 52.6 Å². The predicted molar refractivity (Wildman–Crippen MR) is 120 cm³/mol. The van der Waals surface area contributed by atoms with Gasteiger partial charge in [0.25, 0.3) is 0 Å². The summed E-state index contributed by atoms with van der Waals surface area (Å²) in [4.78, 5) is 20.3. The van der Waals surface area contributed by atoms with E-state index in [0.29, 0.717) is 48.1 Å². The van der Waals surface area contributed by atoms with E-state index in [0.717, 1.165) is 6.08 Å². The monoisotopic (exact) mass is 478 g/mol. The molecule has 2 amide bonds. The van der Waals surface area contributed by atoms with E-state index in [1.165, 1.54) is 24.4 Å². The molecule has 4 rings (SSSR count). The van der Waals surface area contributed by atoms with Gasteiger partial charge in [-0.05, 0) is 37.1 Å². The topological polar surface area (TPSA) is 61.6 Å². The van der Waals surface area contributed by atoms with Crippen molar-refractivity contribution in [3.63, 3.8) is 0 Å². The average molecular weight is 478 g/mol. The number of anilines is 1. The molecule has 1 aromatic carbocycles. The first-order chi connectivity index (χ1) is 16.1. The number of aryl methyl sites for hydroxylation is 1. The van der Waals surface area contributed by atoms with E-state index in [1.54, 1.807) is 17.9 Å². The van der Waals surface area contributed by atoms with Crippen LogP contribution < -0.4 is 10.2 Å². The van der Waals surface area contributed by atoms with E-state index in [9.17, 15) is 22.4 Å². The Hall–Kier alpha value is -3.30. The molecule has 1 saturated heterocycles. The fourth-order valence-electron chi connectivity index (χ4n) is 4.22. The Kier molecular flexibility index (Phi) is 6.67. The van der Waals surface area contributed by atoms with Crippen molar-refractivity contribution in [1.29, 1.82) is 0 Å². The van der Waals surface area contributed by atoms with Crippen molar-refractivity contribution in [3.8, 4) is 11.3 Å². The first-order valence-electron chi connectivity index (χ1n) is 11.1. The standard InChI is InChI=1S/C24H26F4N4O2/c1-15-14-31(23(33)30-12-17-3-5-18(6-4-17)24(26,27)28)9-10-32(15)19-7-8-20(21(25)11-19)22-13-29-16(2)34-22/h3-5,7-8,11,13,15,18H,6,9-10,12,14H2,1-2H3,(H,30,33)/t15-,18?/m0/s1. The van der Waals surface area contributed by atoms with Gasteiger partial charge in [0.05, 0.1) is 17.7 Å². The maximum absolute atomic E-state index is 14.7. The molecular weight excluding hydrogens is 452 g/mol. The van der Waals surface area contributed by atoms with Crippen LogP contribution in [0.1, 0.15) is 19.2 Å². The normalized spacial score (nSPS) is 20.9. The van der Waals surface area contributed by atoms with Gasteiger partial charge < -0.3 is 19.5 Å². The van der Waals surface area contributed by atoms with Crippen LogP contribution in [0.5, 0.6) is 0 Å². The van der Waals surface area contributed by atoms with Crippen molar-refractivity contribution in [2.45, 2.75) is 32.5 Å². The zero-order chi connectivity index (χ0) is 24.5. The van der Waals surface area contributed by atoms with Gasteiger partial charge in [0.2, 0.25) is 0 Å². The summed E-state index contributed by atoms with van der Waals surface area (Å²) in [6.07, 6.45) is 1.18. The molecular formula is C24H26F4N4O2. The molecule has 0 bridgehead atoms. The Morgan fingerprint density at radius 2 is 2.09 bits per heavy atom. The number of allylic oxidation sites excluding steroid dienone is 2. The average Bonchev–Trinajstić information content (AvgIpc) is 3.23. The van der Waals surface area contributed by atoms with Crippen LogP contribution in [0.3, 0.4) is 0 Å². The molecule has 2 heterocycles. The molecule has 182 valence electrons. The van der Waals surface area contributed by atoms with Gasteiger partial charge in [-0.15, -0.1) is 0 Å². The van der Waals surface area contributed by atoms with Gasteiger partial charge >= 0.3 is 12.2 Å². The maximum atomic E-state index is 14.7. The first kappa shape index (κ1) is 23.8. The molecule has 10 heteroatoms. The number of hydrogen-bond donors (Lipinski definition) is 1. The van der Waals surface area contributed by atoms with E-state index < -0.39 is 17.9 Å². The molecule has 0 radical (unpaired) electrons. The molecule has 6 nitrogen and oxygen atoms in total. The number of carbonyl (C=O) groups excluding carboxylic acids is 1. The molecule has 2 aliphatic rings. The lowest BCUT2D eigenvalue weighted by Gasteiger charge is -2.41.